The van der Waals surface area contributed by atoms with E-state index in [-0.39, 0.29) is 12.5 Å². The van der Waals surface area contributed by atoms with Gasteiger partial charge in [0.1, 0.15) is 0 Å². The van der Waals surface area contributed by atoms with E-state index in [2.05, 4.69) is 10.6 Å². The Labute approximate surface area is 85.1 Å². The topological polar surface area (TPSA) is 61.4 Å². The average molecular weight is 200 g/mol. The third-order valence-electron chi connectivity index (χ3n) is 2.69. The maximum Gasteiger partial charge on any atom is 0.234 e. The van der Waals surface area contributed by atoms with Crippen LogP contribution in [-0.2, 0) is 4.79 Å². The number of aliphatic hydroxyl groups is 1. The standard InChI is InChI=1S/C10H20N2O2/c1-7(13)10(2,3)11-6-9(14)12-8-4-5-8/h7-8,11,13H,4-6H2,1-3H3,(H,12,14). The minimum atomic E-state index is -0.476. The zero-order chi connectivity index (χ0) is 10.8. The van der Waals surface area contributed by atoms with Gasteiger partial charge < -0.3 is 15.7 Å². The van der Waals surface area contributed by atoms with Crippen molar-refractivity contribution in [1.29, 1.82) is 0 Å². The Hall–Kier alpha value is -0.610. The third kappa shape index (κ3) is 3.64. The Morgan fingerprint density at radius 1 is 1.57 bits per heavy atom. The van der Waals surface area contributed by atoms with Gasteiger partial charge in [-0.15, -0.1) is 0 Å². The van der Waals surface area contributed by atoms with Crippen LogP contribution in [0.5, 0.6) is 0 Å². The maximum absolute atomic E-state index is 11.3. The quantitative estimate of drug-likeness (QED) is 0.586. The van der Waals surface area contributed by atoms with Gasteiger partial charge in [-0.25, -0.2) is 0 Å². The first-order valence-electron chi connectivity index (χ1n) is 5.14. The van der Waals surface area contributed by atoms with E-state index < -0.39 is 11.6 Å². The summed E-state index contributed by atoms with van der Waals surface area (Å²) < 4.78 is 0. The van der Waals surface area contributed by atoms with E-state index in [4.69, 9.17) is 0 Å². The molecule has 0 bridgehead atoms. The molecular weight excluding hydrogens is 180 g/mol. The second-order valence-electron chi connectivity index (χ2n) is 4.59. The molecule has 82 valence electrons. The summed E-state index contributed by atoms with van der Waals surface area (Å²) in [6, 6.07) is 0.402. The Kier molecular flexibility index (Phi) is 3.50. The molecule has 14 heavy (non-hydrogen) atoms. The van der Waals surface area contributed by atoms with Gasteiger partial charge in [0.15, 0.2) is 0 Å². The molecule has 0 aromatic carbocycles. The number of amides is 1. The fourth-order valence-electron chi connectivity index (χ4n) is 0.962. The van der Waals surface area contributed by atoms with Crippen LogP contribution in [0.3, 0.4) is 0 Å². The van der Waals surface area contributed by atoms with Crippen LogP contribution >= 0.6 is 0 Å². The van der Waals surface area contributed by atoms with Crippen molar-refractivity contribution >= 4 is 5.91 Å². The zero-order valence-corrected chi connectivity index (χ0v) is 9.13. The molecule has 1 rings (SSSR count). The lowest BCUT2D eigenvalue weighted by Gasteiger charge is -2.29. The Bertz CT molecular complexity index is 210. The summed E-state index contributed by atoms with van der Waals surface area (Å²) in [6.07, 6.45) is 1.73. The van der Waals surface area contributed by atoms with Gasteiger partial charge in [-0.3, -0.25) is 4.79 Å². The number of rotatable bonds is 5. The Morgan fingerprint density at radius 3 is 2.57 bits per heavy atom. The molecule has 1 aliphatic rings. The lowest BCUT2D eigenvalue weighted by Crippen LogP contribution is -2.51. The summed E-state index contributed by atoms with van der Waals surface area (Å²) in [5.41, 5.74) is -0.416. The van der Waals surface area contributed by atoms with Crippen LogP contribution in [0.4, 0.5) is 0 Å². The van der Waals surface area contributed by atoms with Gasteiger partial charge in [0, 0.05) is 11.6 Å². The summed E-state index contributed by atoms with van der Waals surface area (Å²) in [6.45, 7) is 5.74. The van der Waals surface area contributed by atoms with Gasteiger partial charge in [0.25, 0.3) is 0 Å². The molecule has 0 aromatic rings. The van der Waals surface area contributed by atoms with Crippen LogP contribution in [0.1, 0.15) is 33.6 Å². The lowest BCUT2D eigenvalue weighted by atomic mass is 9.99. The molecule has 3 N–H and O–H groups in total. The van der Waals surface area contributed by atoms with Crippen molar-refractivity contribution in [2.45, 2.75) is 51.3 Å². The highest BCUT2D eigenvalue weighted by Gasteiger charge is 2.26. The fraction of sp³-hybridized carbons (Fsp3) is 0.900. The summed E-state index contributed by atoms with van der Waals surface area (Å²) in [5.74, 6) is 0.0150. The highest BCUT2D eigenvalue weighted by atomic mass is 16.3. The van der Waals surface area contributed by atoms with Crippen molar-refractivity contribution in [3.05, 3.63) is 0 Å². The molecule has 1 atom stereocenters. The Morgan fingerprint density at radius 2 is 2.14 bits per heavy atom. The predicted octanol–water partition coefficient (Wildman–Crippen LogP) is 0.0140. The molecule has 0 spiro atoms. The van der Waals surface area contributed by atoms with E-state index in [9.17, 15) is 9.90 Å². The predicted molar refractivity (Wildman–Crippen MR) is 54.9 cm³/mol. The molecule has 1 unspecified atom stereocenters. The van der Waals surface area contributed by atoms with Gasteiger partial charge in [0.2, 0.25) is 5.91 Å². The van der Waals surface area contributed by atoms with Crippen molar-refractivity contribution in [2.24, 2.45) is 0 Å². The van der Waals surface area contributed by atoms with E-state index in [1.54, 1.807) is 6.92 Å². The molecule has 1 aliphatic carbocycles. The number of nitrogens with one attached hydrogen (secondary N) is 2. The molecule has 0 aliphatic heterocycles. The molecule has 4 heteroatoms. The average Bonchev–Trinajstić information content (AvgIpc) is 2.85. The number of hydrogen-bond donors (Lipinski definition) is 3. The molecular formula is C10H20N2O2. The zero-order valence-electron chi connectivity index (χ0n) is 9.13. The second kappa shape index (κ2) is 4.28. The van der Waals surface area contributed by atoms with Crippen LogP contribution in [-0.4, -0.2) is 35.2 Å². The second-order valence-corrected chi connectivity index (χ2v) is 4.59. The van der Waals surface area contributed by atoms with Crippen LogP contribution in [0.15, 0.2) is 0 Å². The molecule has 0 heterocycles. The van der Waals surface area contributed by atoms with Crippen LogP contribution in [0.2, 0.25) is 0 Å². The van der Waals surface area contributed by atoms with Crippen molar-refractivity contribution < 1.29 is 9.90 Å². The summed E-state index contributed by atoms with van der Waals surface area (Å²) in [4.78, 5) is 11.3. The molecule has 4 nitrogen and oxygen atoms in total. The highest BCUT2D eigenvalue weighted by molar-refractivity contribution is 5.78. The summed E-state index contributed by atoms with van der Waals surface area (Å²) in [5, 5.41) is 15.3. The highest BCUT2D eigenvalue weighted by Crippen LogP contribution is 2.18. The van der Waals surface area contributed by atoms with Gasteiger partial charge in [0.05, 0.1) is 12.6 Å². The molecule has 0 saturated heterocycles. The van der Waals surface area contributed by atoms with E-state index >= 15 is 0 Å². The largest absolute Gasteiger partial charge is 0.392 e. The summed E-state index contributed by atoms with van der Waals surface area (Å²) >= 11 is 0. The summed E-state index contributed by atoms with van der Waals surface area (Å²) in [7, 11) is 0. The van der Waals surface area contributed by atoms with Gasteiger partial charge in [-0.05, 0) is 33.6 Å². The van der Waals surface area contributed by atoms with E-state index in [0.717, 1.165) is 12.8 Å². The smallest absolute Gasteiger partial charge is 0.234 e. The third-order valence-corrected chi connectivity index (χ3v) is 2.69. The van der Waals surface area contributed by atoms with Crippen LogP contribution < -0.4 is 10.6 Å². The number of aliphatic hydroxyl groups excluding tert-OH is 1. The van der Waals surface area contributed by atoms with Gasteiger partial charge in [-0.2, -0.15) is 0 Å². The monoisotopic (exact) mass is 200 g/mol. The number of carbonyl (C=O) groups is 1. The van der Waals surface area contributed by atoms with Crippen LogP contribution in [0.25, 0.3) is 0 Å². The van der Waals surface area contributed by atoms with Crippen molar-refractivity contribution in [3.8, 4) is 0 Å². The minimum absolute atomic E-state index is 0.0150. The molecule has 0 radical (unpaired) electrons. The van der Waals surface area contributed by atoms with Crippen molar-refractivity contribution in [3.63, 3.8) is 0 Å². The van der Waals surface area contributed by atoms with E-state index in [1.165, 1.54) is 0 Å². The number of hydrogen-bond acceptors (Lipinski definition) is 3. The maximum atomic E-state index is 11.3. The van der Waals surface area contributed by atoms with E-state index in [1.807, 2.05) is 13.8 Å². The van der Waals surface area contributed by atoms with Crippen molar-refractivity contribution in [2.75, 3.05) is 6.54 Å². The van der Waals surface area contributed by atoms with Crippen LogP contribution in [0, 0.1) is 0 Å². The normalized spacial score (nSPS) is 19.1. The van der Waals surface area contributed by atoms with Gasteiger partial charge >= 0.3 is 0 Å². The molecule has 1 fully saturated rings. The number of carbonyl (C=O) groups excluding carboxylic acids is 1. The minimum Gasteiger partial charge on any atom is -0.392 e. The first-order valence-corrected chi connectivity index (χ1v) is 5.14. The molecule has 1 saturated carbocycles. The lowest BCUT2D eigenvalue weighted by molar-refractivity contribution is -0.120. The first kappa shape index (κ1) is 11.5. The first-order chi connectivity index (χ1) is 6.42. The molecule has 1 amide bonds. The molecule has 0 aromatic heterocycles. The van der Waals surface area contributed by atoms with E-state index in [0.29, 0.717) is 6.04 Å². The Balaban J connectivity index is 2.20. The van der Waals surface area contributed by atoms with Gasteiger partial charge in [-0.1, -0.05) is 0 Å². The van der Waals surface area contributed by atoms with Crippen molar-refractivity contribution in [1.82, 2.24) is 10.6 Å². The SMILES string of the molecule is CC(O)C(C)(C)NCC(=O)NC1CC1. The fourth-order valence-corrected chi connectivity index (χ4v) is 0.962.